The molecule has 136 valence electrons. The fourth-order valence-corrected chi connectivity index (χ4v) is 3.12. The van der Waals surface area contributed by atoms with Crippen LogP contribution in [0, 0.1) is 17.7 Å². The number of halogens is 2. The van der Waals surface area contributed by atoms with Gasteiger partial charge in [-0.05, 0) is 30.5 Å². The van der Waals surface area contributed by atoms with E-state index in [1.54, 1.807) is 30.5 Å². The maximum Gasteiger partial charge on any atom is 0.307 e. The molecule has 2 N–H and O–H groups in total. The molecule has 2 atom stereocenters. The van der Waals surface area contributed by atoms with Crippen molar-refractivity contribution in [2.24, 2.45) is 11.8 Å². The molecule has 3 rings (SSSR count). The number of anilines is 1. The standard InChI is InChI=1S/C18H17ClFN3O3/c19-15-10-23(9-11-5-7-12(20)8-6-11)22-16(15)21-17(24)13-3-1-2-4-14(13)18(25)26/h1-2,5-8,10,13-14H,3-4,9H2,(H,25,26)(H,21,22,24)/t13-,14+/m1/s1. The highest BCUT2D eigenvalue weighted by Gasteiger charge is 2.34. The second kappa shape index (κ2) is 7.70. The molecule has 2 aromatic rings. The third-order valence-corrected chi connectivity index (χ3v) is 4.58. The fraction of sp³-hybridized carbons (Fsp3) is 0.278. The van der Waals surface area contributed by atoms with Gasteiger partial charge < -0.3 is 10.4 Å². The van der Waals surface area contributed by atoms with Gasteiger partial charge in [0.05, 0.1) is 18.4 Å². The number of nitrogens with one attached hydrogen (secondary N) is 1. The highest BCUT2D eigenvalue weighted by atomic mass is 35.5. The minimum absolute atomic E-state index is 0.178. The van der Waals surface area contributed by atoms with Gasteiger partial charge >= 0.3 is 5.97 Å². The molecule has 1 aromatic carbocycles. The number of amides is 1. The number of aromatic nitrogens is 2. The van der Waals surface area contributed by atoms with E-state index in [9.17, 15) is 19.1 Å². The summed E-state index contributed by atoms with van der Waals surface area (Å²) in [4.78, 5) is 23.8. The van der Waals surface area contributed by atoms with E-state index in [2.05, 4.69) is 10.4 Å². The number of benzene rings is 1. The Bertz CT molecular complexity index is 848. The van der Waals surface area contributed by atoms with Crippen LogP contribution in [0.25, 0.3) is 0 Å². The number of aliphatic carboxylic acids is 1. The van der Waals surface area contributed by atoms with Crippen LogP contribution in [-0.4, -0.2) is 26.8 Å². The molecule has 1 aromatic heterocycles. The van der Waals surface area contributed by atoms with Gasteiger partial charge in [-0.2, -0.15) is 5.10 Å². The molecular weight excluding hydrogens is 361 g/mol. The number of carboxylic acid groups (broad SMARTS) is 1. The summed E-state index contributed by atoms with van der Waals surface area (Å²) < 4.78 is 14.5. The van der Waals surface area contributed by atoms with Crippen LogP contribution in [0.1, 0.15) is 18.4 Å². The highest BCUT2D eigenvalue weighted by molar-refractivity contribution is 6.33. The zero-order valence-corrected chi connectivity index (χ0v) is 14.5. The molecule has 8 heteroatoms. The first-order valence-corrected chi connectivity index (χ1v) is 8.48. The van der Waals surface area contributed by atoms with E-state index in [0.29, 0.717) is 19.4 Å². The van der Waals surface area contributed by atoms with Gasteiger partial charge in [0.2, 0.25) is 5.91 Å². The summed E-state index contributed by atoms with van der Waals surface area (Å²) >= 11 is 6.13. The third-order valence-electron chi connectivity index (χ3n) is 4.30. The van der Waals surface area contributed by atoms with E-state index >= 15 is 0 Å². The second-order valence-electron chi connectivity index (χ2n) is 6.13. The number of carbonyl (C=O) groups is 2. The van der Waals surface area contributed by atoms with Crippen molar-refractivity contribution in [3.05, 3.63) is 59.0 Å². The van der Waals surface area contributed by atoms with E-state index in [0.717, 1.165) is 5.56 Å². The number of rotatable bonds is 5. The Morgan fingerprint density at radius 1 is 1.23 bits per heavy atom. The van der Waals surface area contributed by atoms with Crippen LogP contribution < -0.4 is 5.32 Å². The van der Waals surface area contributed by atoms with Crippen LogP contribution in [-0.2, 0) is 16.1 Å². The lowest BCUT2D eigenvalue weighted by Gasteiger charge is -2.23. The quantitative estimate of drug-likeness (QED) is 0.783. The van der Waals surface area contributed by atoms with Crippen molar-refractivity contribution in [1.82, 2.24) is 9.78 Å². The first kappa shape index (κ1) is 18.1. The lowest BCUT2D eigenvalue weighted by atomic mass is 9.82. The Kier molecular flexibility index (Phi) is 5.37. The minimum atomic E-state index is -0.998. The van der Waals surface area contributed by atoms with Gasteiger partial charge in [0.25, 0.3) is 0 Å². The van der Waals surface area contributed by atoms with Crippen molar-refractivity contribution in [1.29, 1.82) is 0 Å². The molecule has 0 unspecified atom stereocenters. The van der Waals surface area contributed by atoms with E-state index in [1.165, 1.54) is 16.8 Å². The summed E-state index contributed by atoms with van der Waals surface area (Å²) in [5.41, 5.74) is 0.826. The first-order chi connectivity index (χ1) is 12.4. The maximum atomic E-state index is 13.0. The van der Waals surface area contributed by atoms with Crippen LogP contribution in [0.2, 0.25) is 5.02 Å². The number of carbonyl (C=O) groups excluding carboxylic acids is 1. The molecule has 0 bridgehead atoms. The summed E-state index contributed by atoms with van der Waals surface area (Å²) in [5, 5.41) is 16.4. The molecule has 6 nitrogen and oxygen atoms in total. The normalized spacial score (nSPS) is 19.3. The molecule has 0 saturated heterocycles. The average molecular weight is 378 g/mol. The van der Waals surface area contributed by atoms with Crippen molar-refractivity contribution in [3.63, 3.8) is 0 Å². The van der Waals surface area contributed by atoms with E-state index in [1.807, 2.05) is 0 Å². The summed E-state index contributed by atoms with van der Waals surface area (Å²) in [6.07, 6.45) is 5.80. The zero-order valence-electron chi connectivity index (χ0n) is 13.7. The van der Waals surface area contributed by atoms with E-state index < -0.39 is 23.7 Å². The molecular formula is C18H17ClFN3O3. The molecule has 26 heavy (non-hydrogen) atoms. The first-order valence-electron chi connectivity index (χ1n) is 8.10. The Morgan fingerprint density at radius 3 is 2.54 bits per heavy atom. The number of hydrogen-bond donors (Lipinski definition) is 2. The molecule has 1 amide bonds. The lowest BCUT2D eigenvalue weighted by molar-refractivity contribution is -0.146. The molecule has 0 spiro atoms. The smallest absolute Gasteiger partial charge is 0.307 e. The zero-order chi connectivity index (χ0) is 18.7. The molecule has 0 aliphatic heterocycles. The van der Waals surface area contributed by atoms with Gasteiger partial charge in [0, 0.05) is 6.20 Å². The average Bonchev–Trinajstić information content (AvgIpc) is 2.96. The number of nitrogens with zero attached hydrogens (tertiary/aromatic N) is 2. The van der Waals surface area contributed by atoms with Crippen LogP contribution in [0.15, 0.2) is 42.6 Å². The van der Waals surface area contributed by atoms with Gasteiger partial charge in [-0.1, -0.05) is 35.9 Å². The van der Waals surface area contributed by atoms with Crippen LogP contribution in [0.4, 0.5) is 10.2 Å². The van der Waals surface area contributed by atoms with Crippen molar-refractivity contribution in [2.75, 3.05) is 5.32 Å². The fourth-order valence-electron chi connectivity index (χ4n) is 2.93. The van der Waals surface area contributed by atoms with Crippen molar-refractivity contribution in [2.45, 2.75) is 19.4 Å². The van der Waals surface area contributed by atoms with Crippen molar-refractivity contribution >= 4 is 29.3 Å². The highest BCUT2D eigenvalue weighted by Crippen LogP contribution is 2.28. The summed E-state index contributed by atoms with van der Waals surface area (Å²) in [6.45, 7) is 0.361. The largest absolute Gasteiger partial charge is 0.481 e. The maximum absolute atomic E-state index is 13.0. The van der Waals surface area contributed by atoms with Gasteiger partial charge in [0.1, 0.15) is 10.8 Å². The number of carboxylic acids is 1. The predicted molar refractivity (Wildman–Crippen MR) is 94.4 cm³/mol. The molecule has 1 aliphatic carbocycles. The Hall–Kier alpha value is -2.67. The molecule has 1 heterocycles. The van der Waals surface area contributed by atoms with Crippen molar-refractivity contribution in [3.8, 4) is 0 Å². The summed E-state index contributed by atoms with van der Waals surface area (Å²) in [6, 6.07) is 5.97. The number of hydrogen-bond acceptors (Lipinski definition) is 3. The van der Waals surface area contributed by atoms with Crippen LogP contribution >= 0.6 is 11.6 Å². The monoisotopic (exact) mass is 377 g/mol. The van der Waals surface area contributed by atoms with Gasteiger partial charge in [-0.25, -0.2) is 4.39 Å². The molecule has 0 fully saturated rings. The second-order valence-corrected chi connectivity index (χ2v) is 6.54. The van der Waals surface area contributed by atoms with Crippen molar-refractivity contribution < 1.29 is 19.1 Å². The van der Waals surface area contributed by atoms with Crippen LogP contribution in [0.5, 0.6) is 0 Å². The molecule has 0 saturated carbocycles. The Labute approximate surface area is 154 Å². The van der Waals surface area contributed by atoms with Gasteiger partial charge in [0.15, 0.2) is 5.82 Å². The molecule has 1 aliphatic rings. The van der Waals surface area contributed by atoms with Gasteiger partial charge in [-0.3, -0.25) is 14.3 Å². The lowest BCUT2D eigenvalue weighted by Crippen LogP contribution is -2.34. The van der Waals surface area contributed by atoms with Gasteiger partial charge in [-0.15, -0.1) is 0 Å². The predicted octanol–water partition coefficient (Wildman–Crippen LogP) is 3.33. The molecule has 0 radical (unpaired) electrons. The van der Waals surface area contributed by atoms with Crippen LogP contribution in [0.3, 0.4) is 0 Å². The SMILES string of the molecule is O=C(O)[C@H]1CC=CC[C@H]1C(=O)Nc1nn(Cc2ccc(F)cc2)cc1Cl. The third kappa shape index (κ3) is 4.11. The minimum Gasteiger partial charge on any atom is -0.481 e. The Morgan fingerprint density at radius 2 is 1.88 bits per heavy atom. The number of allylic oxidation sites excluding steroid dienone is 2. The summed E-state index contributed by atoms with van der Waals surface area (Å²) in [7, 11) is 0. The van der Waals surface area contributed by atoms with E-state index in [-0.39, 0.29) is 16.7 Å². The Balaban J connectivity index is 1.70. The topological polar surface area (TPSA) is 84.2 Å². The van der Waals surface area contributed by atoms with E-state index in [4.69, 9.17) is 11.6 Å². The summed E-state index contributed by atoms with van der Waals surface area (Å²) in [5.74, 6) is -3.00.